The molecule has 2 saturated heterocycles. The largest absolute Gasteiger partial charge is 0.462 e. The highest BCUT2D eigenvalue weighted by molar-refractivity contribution is 5.94. The van der Waals surface area contributed by atoms with Gasteiger partial charge in [0.1, 0.15) is 18.5 Å². The lowest BCUT2D eigenvalue weighted by molar-refractivity contribution is -0.131. The molecule has 2 aliphatic heterocycles. The molecule has 3 fully saturated rings. The molecular weight excluding hydrogens is 531 g/mol. The van der Waals surface area contributed by atoms with E-state index in [4.69, 9.17) is 21.3 Å². The molecule has 0 spiro atoms. The number of halogens is 1. The first-order chi connectivity index (χ1) is 20.4. The van der Waals surface area contributed by atoms with E-state index in [1.54, 1.807) is 0 Å². The molecule has 2 aliphatic carbocycles. The summed E-state index contributed by atoms with van der Waals surface area (Å²) in [7, 11) is 2.12. The van der Waals surface area contributed by atoms with Gasteiger partial charge in [0, 0.05) is 31.1 Å². The third-order valence-corrected chi connectivity index (χ3v) is 9.59. The Morgan fingerprint density at radius 1 is 1.19 bits per heavy atom. The second-order valence-corrected chi connectivity index (χ2v) is 12.2. The zero-order valence-corrected chi connectivity index (χ0v) is 23.9. The molecule has 216 valence electrons. The predicted octanol–water partition coefficient (Wildman–Crippen LogP) is 4.85. The van der Waals surface area contributed by atoms with Gasteiger partial charge in [-0.1, -0.05) is 30.8 Å². The number of amides is 1. The average Bonchev–Trinajstić information content (AvgIpc) is 3.47. The molecule has 0 bridgehead atoms. The first-order valence-electron chi connectivity index (χ1n) is 14.9. The van der Waals surface area contributed by atoms with Crippen LogP contribution in [0.15, 0.2) is 48.8 Å². The minimum Gasteiger partial charge on any atom is -0.462 e. The fourth-order valence-corrected chi connectivity index (χ4v) is 7.25. The standard InChI is InChI=1S/C33H35FN6O2/c1-20(34)32(41)40-13-12-39(18-25(40)17-35-2)31-27-10-9-21(26-8-4-6-22-14-23-15-28(23)30(22)26)16-29(27)36-33(37-31)42-19-24-7-5-11-38(24)3/h4,6,8-10,16,23-25,28H,1,5,7,11-15,17-19H2,3H3/t23-,24+,25+,28+/m1/s1. The Kier molecular flexibility index (Phi) is 6.82. The number of hydrogen-bond donors (Lipinski definition) is 0. The number of likely N-dealkylation sites (tertiary alicyclic amines) is 1. The minimum absolute atomic E-state index is 0.0708. The summed E-state index contributed by atoms with van der Waals surface area (Å²) in [6.07, 6.45) is 4.69. The van der Waals surface area contributed by atoms with Gasteiger partial charge in [-0.2, -0.15) is 9.97 Å². The van der Waals surface area contributed by atoms with Crippen molar-refractivity contribution in [2.45, 2.75) is 43.7 Å². The molecule has 0 unspecified atom stereocenters. The van der Waals surface area contributed by atoms with E-state index in [-0.39, 0.29) is 13.1 Å². The van der Waals surface area contributed by atoms with Crippen molar-refractivity contribution in [1.29, 1.82) is 0 Å². The van der Waals surface area contributed by atoms with Gasteiger partial charge in [0.15, 0.2) is 5.83 Å². The number of carbonyl (C=O) groups is 1. The first kappa shape index (κ1) is 26.8. The summed E-state index contributed by atoms with van der Waals surface area (Å²) in [6.45, 7) is 13.3. The molecule has 0 N–H and O–H groups in total. The van der Waals surface area contributed by atoms with Crippen molar-refractivity contribution in [1.82, 2.24) is 19.8 Å². The van der Waals surface area contributed by atoms with E-state index < -0.39 is 17.8 Å². The second kappa shape index (κ2) is 10.7. The predicted molar refractivity (Wildman–Crippen MR) is 160 cm³/mol. The Hall–Kier alpha value is -4.03. The van der Waals surface area contributed by atoms with Gasteiger partial charge in [-0.25, -0.2) is 11.0 Å². The van der Waals surface area contributed by atoms with Crippen molar-refractivity contribution in [2.24, 2.45) is 5.92 Å². The highest BCUT2D eigenvalue weighted by Gasteiger charge is 2.46. The van der Waals surface area contributed by atoms with Crippen LogP contribution in [0.1, 0.15) is 36.3 Å². The number of nitrogens with zero attached hydrogens (tertiary/aromatic N) is 6. The van der Waals surface area contributed by atoms with Crippen molar-refractivity contribution < 1.29 is 13.9 Å². The molecule has 4 atom stereocenters. The molecule has 1 saturated carbocycles. The highest BCUT2D eigenvalue weighted by Crippen LogP contribution is 2.58. The molecule has 3 heterocycles. The molecule has 9 heteroatoms. The third kappa shape index (κ3) is 4.78. The van der Waals surface area contributed by atoms with Gasteiger partial charge in [-0.15, -0.1) is 0 Å². The quantitative estimate of drug-likeness (QED) is 0.301. The first-order valence-corrected chi connectivity index (χ1v) is 14.9. The number of piperazine rings is 1. The summed E-state index contributed by atoms with van der Waals surface area (Å²) in [5.74, 6) is 0.430. The van der Waals surface area contributed by atoms with Crippen molar-refractivity contribution in [2.75, 3.05) is 51.3 Å². The van der Waals surface area contributed by atoms with E-state index in [0.29, 0.717) is 43.5 Å². The van der Waals surface area contributed by atoms with Crippen LogP contribution in [0, 0.1) is 12.5 Å². The lowest BCUT2D eigenvalue weighted by Crippen LogP contribution is -2.56. The lowest BCUT2D eigenvalue weighted by Gasteiger charge is -2.39. The molecule has 3 aromatic rings. The maximum atomic E-state index is 13.8. The monoisotopic (exact) mass is 566 g/mol. The van der Waals surface area contributed by atoms with Crippen LogP contribution in [0.5, 0.6) is 6.01 Å². The van der Waals surface area contributed by atoms with Gasteiger partial charge in [-0.05, 0) is 85.5 Å². The molecule has 2 aromatic carbocycles. The summed E-state index contributed by atoms with van der Waals surface area (Å²) in [5, 5.41) is 0.886. The summed E-state index contributed by atoms with van der Waals surface area (Å²) in [4.78, 5) is 31.6. The Morgan fingerprint density at radius 3 is 2.86 bits per heavy atom. The summed E-state index contributed by atoms with van der Waals surface area (Å²) < 4.78 is 20.0. The number of fused-ring (bicyclic) bond motifs is 4. The Labute approximate surface area is 245 Å². The zero-order chi connectivity index (χ0) is 29.0. The number of ether oxygens (including phenoxy) is 1. The number of hydrogen-bond acceptors (Lipinski definition) is 6. The minimum atomic E-state index is -1.00. The van der Waals surface area contributed by atoms with Crippen LogP contribution in [0.3, 0.4) is 0 Å². The van der Waals surface area contributed by atoms with E-state index in [2.05, 4.69) is 64.7 Å². The van der Waals surface area contributed by atoms with Crippen molar-refractivity contribution in [3.63, 3.8) is 0 Å². The van der Waals surface area contributed by atoms with Crippen LogP contribution in [-0.2, 0) is 11.2 Å². The van der Waals surface area contributed by atoms with E-state index in [1.165, 1.54) is 34.4 Å². The van der Waals surface area contributed by atoms with Crippen LogP contribution in [0.2, 0.25) is 0 Å². The van der Waals surface area contributed by atoms with E-state index >= 15 is 0 Å². The van der Waals surface area contributed by atoms with Crippen LogP contribution < -0.4 is 9.64 Å². The Bertz CT molecular complexity index is 1620. The average molecular weight is 567 g/mol. The van der Waals surface area contributed by atoms with Gasteiger partial charge >= 0.3 is 6.01 Å². The summed E-state index contributed by atoms with van der Waals surface area (Å²) in [6, 6.07) is 13.2. The van der Waals surface area contributed by atoms with Crippen LogP contribution >= 0.6 is 0 Å². The lowest BCUT2D eigenvalue weighted by atomic mass is 9.94. The molecule has 7 rings (SSSR count). The molecule has 4 aliphatic rings. The zero-order valence-electron chi connectivity index (χ0n) is 23.9. The van der Waals surface area contributed by atoms with Gasteiger partial charge < -0.3 is 24.3 Å². The molecule has 1 aromatic heterocycles. The third-order valence-electron chi connectivity index (χ3n) is 9.59. The van der Waals surface area contributed by atoms with E-state index in [9.17, 15) is 9.18 Å². The summed E-state index contributed by atoms with van der Waals surface area (Å²) >= 11 is 0. The van der Waals surface area contributed by atoms with Crippen molar-refractivity contribution in [3.8, 4) is 17.1 Å². The normalized spacial score (nSPS) is 24.8. The van der Waals surface area contributed by atoms with Gasteiger partial charge in [0.05, 0.1) is 5.52 Å². The van der Waals surface area contributed by atoms with Gasteiger partial charge in [-0.3, -0.25) is 4.79 Å². The fourth-order valence-electron chi connectivity index (χ4n) is 7.25. The van der Waals surface area contributed by atoms with Gasteiger partial charge in [0.2, 0.25) is 6.54 Å². The van der Waals surface area contributed by atoms with Crippen LogP contribution in [0.4, 0.5) is 10.2 Å². The number of benzene rings is 2. The molecule has 0 radical (unpaired) electrons. The van der Waals surface area contributed by atoms with E-state index in [0.717, 1.165) is 41.8 Å². The number of aromatic nitrogens is 2. The highest BCUT2D eigenvalue weighted by atomic mass is 19.1. The maximum Gasteiger partial charge on any atom is 0.319 e. The van der Waals surface area contributed by atoms with Crippen LogP contribution in [-0.4, -0.2) is 84.1 Å². The van der Waals surface area contributed by atoms with E-state index in [1.807, 2.05) is 0 Å². The molecule has 42 heavy (non-hydrogen) atoms. The van der Waals surface area contributed by atoms with Crippen molar-refractivity contribution in [3.05, 3.63) is 71.3 Å². The summed E-state index contributed by atoms with van der Waals surface area (Å²) in [5.41, 5.74) is 6.18. The van der Waals surface area contributed by atoms with Crippen molar-refractivity contribution >= 4 is 22.6 Å². The fraction of sp³-hybridized carbons (Fsp3) is 0.455. The number of rotatable bonds is 7. The topological polar surface area (TPSA) is 66.2 Å². The Morgan fingerprint density at radius 2 is 2.07 bits per heavy atom. The SMILES string of the molecule is [C-]#[N+]C[C@H]1CN(c2nc(OC[C@@H]3CCCN3C)nc3cc(-c4cccc5c4[C@H]4C[C@H]4C5)ccc23)CCN1C(=O)C(=C)F. The van der Waals surface area contributed by atoms with Gasteiger partial charge in [0.25, 0.3) is 5.91 Å². The maximum absolute atomic E-state index is 13.8. The smallest absolute Gasteiger partial charge is 0.319 e. The Balaban J connectivity index is 1.26. The number of carbonyl (C=O) groups excluding carboxylic acids is 1. The molecule has 1 amide bonds. The second-order valence-electron chi connectivity index (χ2n) is 12.2. The number of anilines is 1. The van der Waals surface area contributed by atoms with Crippen LogP contribution in [0.25, 0.3) is 26.9 Å². The molecular formula is C33H35FN6O2. The number of likely N-dealkylation sites (N-methyl/N-ethyl adjacent to an activating group) is 1. The molecule has 8 nitrogen and oxygen atoms in total.